The molecular weight excluding hydrogens is 456 g/mol. The fourth-order valence-corrected chi connectivity index (χ4v) is 4.73. The molecule has 3 rings (SSSR count). The number of carbonyl (C=O) groups excluding carboxylic acids is 2. The molecule has 0 unspecified atom stereocenters. The van der Waals surface area contributed by atoms with Crippen LogP contribution in [-0.4, -0.2) is 52.0 Å². The minimum Gasteiger partial charge on any atom is -0.496 e. The molecule has 1 aliphatic heterocycles. The first-order valence-electron chi connectivity index (χ1n) is 10.2. The number of likely N-dealkylation sites (tertiary alicyclic amines) is 1. The van der Waals surface area contributed by atoms with Crippen LogP contribution >= 0.6 is 11.6 Å². The van der Waals surface area contributed by atoms with Crippen LogP contribution in [0.4, 0.5) is 5.69 Å². The van der Waals surface area contributed by atoms with Gasteiger partial charge in [0.1, 0.15) is 5.75 Å². The Morgan fingerprint density at radius 1 is 1.06 bits per heavy atom. The Labute approximate surface area is 192 Å². The van der Waals surface area contributed by atoms with Gasteiger partial charge in [0.2, 0.25) is 0 Å². The summed E-state index contributed by atoms with van der Waals surface area (Å²) in [7, 11) is -2.63. The topological polar surface area (TPSA) is 102 Å². The lowest BCUT2D eigenvalue weighted by Gasteiger charge is -2.27. The first kappa shape index (κ1) is 23.9. The number of amides is 1. The van der Waals surface area contributed by atoms with E-state index < -0.39 is 16.0 Å². The Hall–Kier alpha value is -2.78. The number of benzene rings is 2. The van der Waals surface area contributed by atoms with E-state index >= 15 is 0 Å². The molecule has 1 saturated heterocycles. The SMILES string of the molecule is CCOC(=O)c1cc(NS(=O)(=O)c2ccc(OC)c(C(=O)N3CCCCC3)c2)ccc1Cl. The number of sulfonamides is 1. The molecule has 2 aromatic carbocycles. The average molecular weight is 481 g/mol. The predicted molar refractivity (Wildman–Crippen MR) is 121 cm³/mol. The Kier molecular flexibility index (Phi) is 7.63. The van der Waals surface area contributed by atoms with Gasteiger partial charge in [-0.05, 0) is 62.6 Å². The molecule has 0 radical (unpaired) electrons. The number of esters is 1. The van der Waals surface area contributed by atoms with Crippen LogP contribution in [0.5, 0.6) is 5.75 Å². The average Bonchev–Trinajstić information content (AvgIpc) is 2.80. The van der Waals surface area contributed by atoms with E-state index in [2.05, 4.69) is 4.72 Å². The summed E-state index contributed by atoms with van der Waals surface area (Å²) in [5, 5.41) is 0.144. The van der Waals surface area contributed by atoms with Crippen LogP contribution < -0.4 is 9.46 Å². The molecule has 0 bridgehead atoms. The maximum atomic E-state index is 13.0. The van der Waals surface area contributed by atoms with E-state index in [-0.39, 0.29) is 39.2 Å². The van der Waals surface area contributed by atoms with Crippen molar-refractivity contribution in [2.45, 2.75) is 31.1 Å². The Morgan fingerprint density at radius 3 is 2.44 bits per heavy atom. The fourth-order valence-electron chi connectivity index (χ4n) is 3.46. The van der Waals surface area contributed by atoms with Gasteiger partial charge in [-0.15, -0.1) is 0 Å². The number of methoxy groups -OCH3 is 1. The number of ether oxygens (including phenoxy) is 2. The number of piperidine rings is 1. The number of halogens is 1. The van der Waals surface area contributed by atoms with Crippen LogP contribution in [0.3, 0.4) is 0 Å². The molecule has 1 N–H and O–H groups in total. The van der Waals surface area contributed by atoms with Gasteiger partial charge in [-0.2, -0.15) is 0 Å². The van der Waals surface area contributed by atoms with Crippen molar-refractivity contribution in [3.8, 4) is 5.75 Å². The second kappa shape index (κ2) is 10.2. The monoisotopic (exact) mass is 480 g/mol. The zero-order chi connectivity index (χ0) is 23.3. The largest absolute Gasteiger partial charge is 0.496 e. The van der Waals surface area contributed by atoms with Crippen molar-refractivity contribution in [3.05, 3.63) is 52.5 Å². The lowest BCUT2D eigenvalue weighted by Crippen LogP contribution is -2.35. The first-order valence-corrected chi connectivity index (χ1v) is 12.1. The normalized spacial score (nSPS) is 14.0. The maximum absolute atomic E-state index is 13.0. The summed E-state index contributed by atoms with van der Waals surface area (Å²) in [5.74, 6) is -0.622. The standard InChI is InChI=1S/C22H25ClN2O6S/c1-3-31-22(27)17-13-15(7-9-19(17)23)24-32(28,29)16-8-10-20(30-2)18(14-16)21(26)25-11-5-4-6-12-25/h7-10,13-14,24H,3-6,11-12H2,1-2H3. The molecule has 172 valence electrons. The zero-order valence-electron chi connectivity index (χ0n) is 17.9. The van der Waals surface area contributed by atoms with Crippen LogP contribution in [0.2, 0.25) is 5.02 Å². The van der Waals surface area contributed by atoms with E-state index in [1.807, 2.05) is 0 Å². The molecule has 2 aromatic rings. The number of hydrogen-bond acceptors (Lipinski definition) is 6. The molecule has 0 saturated carbocycles. The fraction of sp³-hybridized carbons (Fsp3) is 0.364. The van der Waals surface area contributed by atoms with Gasteiger partial charge in [0.25, 0.3) is 15.9 Å². The highest BCUT2D eigenvalue weighted by Gasteiger charge is 2.25. The molecule has 0 spiro atoms. The molecule has 1 aliphatic rings. The van der Waals surface area contributed by atoms with Gasteiger partial charge in [0.15, 0.2) is 0 Å². The van der Waals surface area contributed by atoms with Crippen LogP contribution in [0.1, 0.15) is 46.9 Å². The summed E-state index contributed by atoms with van der Waals surface area (Å²) in [6, 6.07) is 8.27. The Bertz CT molecular complexity index is 1110. The summed E-state index contributed by atoms with van der Waals surface area (Å²) >= 11 is 6.04. The van der Waals surface area contributed by atoms with Gasteiger partial charge in [0, 0.05) is 18.8 Å². The Morgan fingerprint density at radius 2 is 1.78 bits per heavy atom. The lowest BCUT2D eigenvalue weighted by molar-refractivity contribution is 0.0526. The summed E-state index contributed by atoms with van der Waals surface area (Å²) < 4.78 is 38.7. The van der Waals surface area contributed by atoms with Gasteiger partial charge < -0.3 is 14.4 Å². The molecule has 0 atom stereocenters. The van der Waals surface area contributed by atoms with Crippen molar-refractivity contribution in [2.75, 3.05) is 31.5 Å². The van der Waals surface area contributed by atoms with Crippen molar-refractivity contribution in [1.29, 1.82) is 0 Å². The molecule has 0 aliphatic carbocycles. The smallest absolute Gasteiger partial charge is 0.339 e. The third-order valence-electron chi connectivity index (χ3n) is 5.07. The van der Waals surface area contributed by atoms with Gasteiger partial charge in [-0.25, -0.2) is 13.2 Å². The van der Waals surface area contributed by atoms with Crippen molar-refractivity contribution in [1.82, 2.24) is 4.90 Å². The van der Waals surface area contributed by atoms with Gasteiger partial charge >= 0.3 is 5.97 Å². The number of anilines is 1. The summed E-state index contributed by atoms with van der Waals surface area (Å²) in [6.45, 7) is 3.06. The highest BCUT2D eigenvalue weighted by Crippen LogP contribution is 2.28. The van der Waals surface area contributed by atoms with Crippen LogP contribution in [0.15, 0.2) is 41.3 Å². The van der Waals surface area contributed by atoms with Gasteiger partial charge in [-0.1, -0.05) is 11.6 Å². The second-order valence-corrected chi connectivity index (χ2v) is 9.33. The summed E-state index contributed by atoms with van der Waals surface area (Å²) in [6.07, 6.45) is 2.88. The van der Waals surface area contributed by atoms with E-state index in [4.69, 9.17) is 21.1 Å². The third-order valence-corrected chi connectivity index (χ3v) is 6.78. The molecule has 1 heterocycles. The first-order chi connectivity index (χ1) is 15.3. The van der Waals surface area contributed by atoms with E-state index in [1.54, 1.807) is 11.8 Å². The van der Waals surface area contributed by atoms with Crippen LogP contribution in [0.25, 0.3) is 0 Å². The van der Waals surface area contributed by atoms with E-state index in [1.165, 1.54) is 43.5 Å². The zero-order valence-corrected chi connectivity index (χ0v) is 19.5. The van der Waals surface area contributed by atoms with Crippen molar-refractivity contribution in [2.24, 2.45) is 0 Å². The number of nitrogens with zero attached hydrogens (tertiary/aromatic N) is 1. The quantitative estimate of drug-likeness (QED) is 0.602. The molecule has 32 heavy (non-hydrogen) atoms. The minimum absolute atomic E-state index is 0.0458. The third kappa shape index (κ3) is 5.34. The Balaban J connectivity index is 1.91. The number of carbonyl (C=O) groups is 2. The molecular formula is C22H25ClN2O6S. The molecule has 10 heteroatoms. The highest BCUT2D eigenvalue weighted by molar-refractivity contribution is 7.92. The number of hydrogen-bond donors (Lipinski definition) is 1. The van der Waals surface area contributed by atoms with Gasteiger partial charge in [0.05, 0.1) is 34.8 Å². The van der Waals surface area contributed by atoms with Crippen molar-refractivity contribution < 1.29 is 27.5 Å². The molecule has 1 fully saturated rings. The number of nitrogens with one attached hydrogen (secondary N) is 1. The maximum Gasteiger partial charge on any atom is 0.339 e. The second-order valence-electron chi connectivity index (χ2n) is 7.24. The summed E-state index contributed by atoms with van der Waals surface area (Å²) in [4.78, 5) is 26.7. The predicted octanol–water partition coefficient (Wildman–Crippen LogP) is 3.95. The minimum atomic E-state index is -4.06. The molecule has 8 nitrogen and oxygen atoms in total. The molecule has 0 aromatic heterocycles. The van der Waals surface area contributed by atoms with Crippen molar-refractivity contribution in [3.63, 3.8) is 0 Å². The van der Waals surface area contributed by atoms with E-state index in [0.717, 1.165) is 19.3 Å². The van der Waals surface area contributed by atoms with Gasteiger partial charge in [-0.3, -0.25) is 9.52 Å². The molecule has 1 amide bonds. The highest BCUT2D eigenvalue weighted by atomic mass is 35.5. The summed E-state index contributed by atoms with van der Waals surface area (Å²) in [5.41, 5.74) is 0.363. The van der Waals surface area contributed by atoms with E-state index in [9.17, 15) is 18.0 Å². The van der Waals surface area contributed by atoms with E-state index in [0.29, 0.717) is 18.8 Å². The van der Waals surface area contributed by atoms with Crippen LogP contribution in [-0.2, 0) is 14.8 Å². The number of rotatable bonds is 7. The van der Waals surface area contributed by atoms with Crippen molar-refractivity contribution >= 4 is 39.2 Å². The lowest BCUT2D eigenvalue weighted by atomic mass is 10.1. The van der Waals surface area contributed by atoms with Crippen LogP contribution in [0, 0.1) is 0 Å².